The summed E-state index contributed by atoms with van der Waals surface area (Å²) in [6.45, 7) is 6.36. The number of ether oxygens (including phenoxy) is 2. The Labute approximate surface area is 213 Å². The van der Waals surface area contributed by atoms with Gasteiger partial charge in [0.15, 0.2) is 0 Å². The fourth-order valence-electron chi connectivity index (χ4n) is 7.49. The lowest BCUT2D eigenvalue weighted by Crippen LogP contribution is -2.59. The fourth-order valence-corrected chi connectivity index (χ4v) is 7.49. The second kappa shape index (κ2) is 8.96. The van der Waals surface area contributed by atoms with Crippen LogP contribution in [0.1, 0.15) is 64.9 Å². The molecule has 5 fully saturated rings. The maximum atomic E-state index is 13.4. The van der Waals surface area contributed by atoms with Gasteiger partial charge in [-0.25, -0.2) is 9.59 Å². The van der Waals surface area contributed by atoms with Crippen LogP contribution in [0.3, 0.4) is 0 Å². The van der Waals surface area contributed by atoms with Gasteiger partial charge < -0.3 is 25.4 Å². The number of rotatable bonds is 5. The molecule has 3 N–H and O–H groups in total. The van der Waals surface area contributed by atoms with Crippen molar-refractivity contribution in [2.45, 2.75) is 83.0 Å². The first-order valence-corrected chi connectivity index (χ1v) is 13.3. The van der Waals surface area contributed by atoms with Gasteiger partial charge in [-0.1, -0.05) is 30.3 Å². The number of alkyl carbamates (subject to hydrolysis) is 1. The molecular weight excluding hydrogens is 458 g/mol. The van der Waals surface area contributed by atoms with E-state index >= 15 is 0 Å². The van der Waals surface area contributed by atoms with Crippen LogP contribution in [0.2, 0.25) is 0 Å². The molecule has 5 aliphatic rings. The number of likely N-dealkylation sites (tertiary alicyclic amines) is 1. The molecule has 8 heteroatoms. The zero-order valence-corrected chi connectivity index (χ0v) is 21.6. The molecule has 1 heterocycles. The Morgan fingerprint density at radius 2 is 1.75 bits per heavy atom. The maximum Gasteiger partial charge on any atom is 0.410 e. The number of hydrogen-bond donors (Lipinski definition) is 2. The summed E-state index contributed by atoms with van der Waals surface area (Å²) >= 11 is 0. The van der Waals surface area contributed by atoms with E-state index in [1.54, 1.807) is 4.90 Å². The van der Waals surface area contributed by atoms with Gasteiger partial charge in [0, 0.05) is 13.1 Å². The Morgan fingerprint density at radius 3 is 2.36 bits per heavy atom. The highest BCUT2D eigenvalue weighted by Crippen LogP contribution is 2.60. The molecule has 8 nitrogen and oxygen atoms in total. The molecule has 4 bridgehead atoms. The number of nitrogens with one attached hydrogen (secondary N) is 1. The first-order chi connectivity index (χ1) is 17.0. The number of benzene rings is 1. The summed E-state index contributed by atoms with van der Waals surface area (Å²) in [4.78, 5) is 40.1. The topological polar surface area (TPSA) is 111 Å². The molecule has 0 spiro atoms. The van der Waals surface area contributed by atoms with Crippen LogP contribution < -0.4 is 11.1 Å². The van der Waals surface area contributed by atoms with Gasteiger partial charge in [-0.05, 0) is 89.0 Å². The lowest BCUT2D eigenvalue weighted by atomic mass is 9.48. The molecule has 1 aliphatic heterocycles. The van der Waals surface area contributed by atoms with Crippen molar-refractivity contribution in [1.29, 1.82) is 0 Å². The molecule has 1 saturated heterocycles. The lowest BCUT2D eigenvalue weighted by molar-refractivity contribution is -0.161. The normalized spacial score (nSPS) is 34.9. The molecule has 4 saturated carbocycles. The minimum atomic E-state index is -0.636. The summed E-state index contributed by atoms with van der Waals surface area (Å²) < 4.78 is 11.7. The van der Waals surface area contributed by atoms with Gasteiger partial charge in [-0.2, -0.15) is 0 Å². The standard InChI is InChI=1S/C28H39N3O5/c1-26(2,3)36-24(33)30-28(14-18-7-5-4-6-8-18)9-10-31(17-28)25(34)35-22-20-11-19-12-21(22)16-27(13-19,15-20)23(29)32/h4-8,19-22H,9-17H2,1-3H3,(H2,29,32)(H,30,33)/t19?,20-,21?,22?,27-,28?/m0/s1. The molecule has 196 valence electrons. The molecular formula is C28H39N3O5. The van der Waals surface area contributed by atoms with Gasteiger partial charge in [0.2, 0.25) is 5.91 Å². The summed E-state index contributed by atoms with van der Waals surface area (Å²) in [5.74, 6) is 0.715. The maximum absolute atomic E-state index is 13.4. The van der Waals surface area contributed by atoms with Gasteiger partial charge in [0.25, 0.3) is 0 Å². The summed E-state index contributed by atoms with van der Waals surface area (Å²) in [6.07, 6.45) is 4.58. The molecule has 0 aromatic heterocycles. The van der Waals surface area contributed by atoms with Crippen LogP contribution in [0.15, 0.2) is 30.3 Å². The minimum absolute atomic E-state index is 0.163. The Kier molecular flexibility index (Phi) is 6.20. The lowest BCUT2D eigenvalue weighted by Gasteiger charge is -2.58. The number of hydrogen-bond acceptors (Lipinski definition) is 5. The highest BCUT2D eigenvalue weighted by molar-refractivity contribution is 5.81. The van der Waals surface area contributed by atoms with E-state index in [9.17, 15) is 14.4 Å². The molecule has 1 aromatic rings. The van der Waals surface area contributed by atoms with E-state index in [-0.39, 0.29) is 29.9 Å². The van der Waals surface area contributed by atoms with Crippen LogP contribution in [0.25, 0.3) is 0 Å². The van der Waals surface area contributed by atoms with Crippen LogP contribution >= 0.6 is 0 Å². The molecule has 0 radical (unpaired) electrons. The summed E-state index contributed by atoms with van der Waals surface area (Å²) in [7, 11) is 0. The Balaban J connectivity index is 1.27. The number of amides is 3. The zero-order valence-electron chi connectivity index (χ0n) is 21.6. The number of nitrogens with zero attached hydrogens (tertiary/aromatic N) is 1. The van der Waals surface area contributed by atoms with Crippen molar-refractivity contribution >= 4 is 18.1 Å². The van der Waals surface area contributed by atoms with Crippen LogP contribution in [0.5, 0.6) is 0 Å². The molecule has 3 amide bonds. The monoisotopic (exact) mass is 497 g/mol. The first-order valence-electron chi connectivity index (χ1n) is 13.3. The third-order valence-corrected chi connectivity index (χ3v) is 8.71. The predicted molar refractivity (Wildman–Crippen MR) is 134 cm³/mol. The first kappa shape index (κ1) is 24.9. The molecule has 6 rings (SSSR count). The molecule has 1 aromatic carbocycles. The quantitative estimate of drug-likeness (QED) is 0.638. The SMILES string of the molecule is CC(C)(C)OC(=O)NC1(Cc2ccccc2)CCN(C(=O)OC2C3CC4C[C@H]2C[C@@](C(N)=O)(C4)C3)C1. The van der Waals surface area contributed by atoms with E-state index in [2.05, 4.69) is 5.32 Å². The van der Waals surface area contributed by atoms with Gasteiger partial charge in [0.1, 0.15) is 11.7 Å². The van der Waals surface area contributed by atoms with Gasteiger partial charge >= 0.3 is 12.2 Å². The van der Waals surface area contributed by atoms with Crippen LogP contribution in [0, 0.1) is 23.2 Å². The average Bonchev–Trinajstić information content (AvgIpc) is 3.18. The Bertz CT molecular complexity index is 1010. The smallest absolute Gasteiger partial charge is 0.410 e. The molecule has 4 aliphatic carbocycles. The third kappa shape index (κ3) is 4.91. The van der Waals surface area contributed by atoms with Crippen molar-refractivity contribution in [1.82, 2.24) is 10.2 Å². The minimum Gasteiger partial charge on any atom is -0.446 e. The van der Waals surface area contributed by atoms with Crippen molar-refractivity contribution in [3.05, 3.63) is 35.9 Å². The second-order valence-corrected chi connectivity index (χ2v) is 12.7. The molecule has 4 unspecified atom stereocenters. The van der Waals surface area contributed by atoms with Crippen LogP contribution in [-0.2, 0) is 20.7 Å². The Hall–Kier alpha value is -2.77. The van der Waals surface area contributed by atoms with Crippen molar-refractivity contribution < 1.29 is 23.9 Å². The predicted octanol–water partition coefficient (Wildman–Crippen LogP) is 4.02. The fraction of sp³-hybridized carbons (Fsp3) is 0.679. The van der Waals surface area contributed by atoms with Gasteiger partial charge in [0.05, 0.1) is 11.0 Å². The molecule has 36 heavy (non-hydrogen) atoms. The van der Waals surface area contributed by atoms with Gasteiger partial charge in [-0.15, -0.1) is 0 Å². The summed E-state index contributed by atoms with van der Waals surface area (Å²) in [5, 5.41) is 3.09. The van der Waals surface area contributed by atoms with Crippen molar-refractivity contribution in [2.24, 2.45) is 28.9 Å². The third-order valence-electron chi connectivity index (χ3n) is 8.71. The number of carbonyl (C=O) groups excluding carboxylic acids is 3. The highest BCUT2D eigenvalue weighted by atomic mass is 16.6. The van der Waals surface area contributed by atoms with Gasteiger partial charge in [-0.3, -0.25) is 4.79 Å². The van der Waals surface area contributed by atoms with Crippen LogP contribution in [-0.4, -0.2) is 53.3 Å². The van der Waals surface area contributed by atoms with E-state index in [4.69, 9.17) is 15.2 Å². The van der Waals surface area contributed by atoms with Crippen LogP contribution in [0.4, 0.5) is 9.59 Å². The zero-order chi connectivity index (χ0) is 25.7. The summed E-state index contributed by atoms with van der Waals surface area (Å²) in [6, 6.07) is 9.97. The van der Waals surface area contributed by atoms with E-state index in [1.165, 1.54) is 0 Å². The number of primary amides is 1. The van der Waals surface area contributed by atoms with E-state index in [0.717, 1.165) is 37.7 Å². The van der Waals surface area contributed by atoms with E-state index in [1.807, 2.05) is 51.1 Å². The largest absolute Gasteiger partial charge is 0.446 e. The summed E-state index contributed by atoms with van der Waals surface area (Å²) in [5.41, 5.74) is 5.24. The average molecular weight is 498 g/mol. The highest BCUT2D eigenvalue weighted by Gasteiger charge is 2.59. The number of nitrogens with two attached hydrogens (primary N) is 1. The number of carbonyl (C=O) groups is 3. The van der Waals surface area contributed by atoms with E-state index < -0.39 is 22.6 Å². The van der Waals surface area contributed by atoms with Crippen molar-refractivity contribution in [3.8, 4) is 0 Å². The van der Waals surface area contributed by atoms with Crippen molar-refractivity contribution in [2.75, 3.05) is 13.1 Å². The second-order valence-electron chi connectivity index (χ2n) is 12.7. The molecule has 6 atom stereocenters. The van der Waals surface area contributed by atoms with E-state index in [0.29, 0.717) is 31.8 Å². The Morgan fingerprint density at radius 1 is 1.08 bits per heavy atom. The van der Waals surface area contributed by atoms with Crippen molar-refractivity contribution in [3.63, 3.8) is 0 Å².